The molecule has 1 N–H and O–H groups in total. The SMILES string of the molecule is CC(c1ccccc1)N(C)C(=O)CN(CCO)C1CCCCC1. The van der Waals surface area contributed by atoms with Crippen molar-refractivity contribution in [2.75, 3.05) is 26.7 Å². The minimum absolute atomic E-state index is 0.0611. The van der Waals surface area contributed by atoms with Crippen molar-refractivity contribution in [3.63, 3.8) is 0 Å². The van der Waals surface area contributed by atoms with Gasteiger partial charge in [0.15, 0.2) is 0 Å². The molecule has 1 amide bonds. The fraction of sp³-hybridized carbons (Fsp3) is 0.632. The van der Waals surface area contributed by atoms with Crippen LogP contribution in [-0.2, 0) is 4.79 Å². The van der Waals surface area contributed by atoms with Crippen LogP contribution in [0, 0.1) is 0 Å². The Kier molecular flexibility index (Phi) is 7.06. The fourth-order valence-corrected chi connectivity index (χ4v) is 3.42. The number of likely N-dealkylation sites (N-methyl/N-ethyl adjacent to an activating group) is 1. The van der Waals surface area contributed by atoms with Crippen LogP contribution < -0.4 is 0 Å². The molecule has 1 unspecified atom stereocenters. The zero-order valence-corrected chi connectivity index (χ0v) is 14.4. The Morgan fingerprint density at radius 3 is 2.48 bits per heavy atom. The molecule has 0 radical (unpaired) electrons. The molecule has 1 atom stereocenters. The lowest BCUT2D eigenvalue weighted by Crippen LogP contribution is -2.46. The largest absolute Gasteiger partial charge is 0.395 e. The Hall–Kier alpha value is -1.39. The Morgan fingerprint density at radius 2 is 1.87 bits per heavy atom. The topological polar surface area (TPSA) is 43.8 Å². The molecule has 1 aliphatic rings. The normalized spacial score (nSPS) is 17.2. The highest BCUT2D eigenvalue weighted by atomic mass is 16.3. The van der Waals surface area contributed by atoms with Gasteiger partial charge in [0.25, 0.3) is 0 Å². The molecule has 4 nitrogen and oxygen atoms in total. The van der Waals surface area contributed by atoms with E-state index in [0.29, 0.717) is 19.1 Å². The molecule has 0 spiro atoms. The maximum absolute atomic E-state index is 12.7. The van der Waals surface area contributed by atoms with E-state index in [1.165, 1.54) is 19.3 Å². The molecule has 0 heterocycles. The van der Waals surface area contributed by atoms with E-state index in [2.05, 4.69) is 24.0 Å². The van der Waals surface area contributed by atoms with Gasteiger partial charge in [0.1, 0.15) is 0 Å². The maximum atomic E-state index is 12.7. The molecule has 2 rings (SSSR count). The van der Waals surface area contributed by atoms with Crippen molar-refractivity contribution in [2.45, 2.75) is 51.1 Å². The zero-order valence-electron chi connectivity index (χ0n) is 14.4. The zero-order chi connectivity index (χ0) is 16.7. The predicted octanol–water partition coefficient (Wildman–Crippen LogP) is 2.83. The number of carbonyl (C=O) groups is 1. The van der Waals surface area contributed by atoms with Crippen molar-refractivity contribution >= 4 is 5.91 Å². The van der Waals surface area contributed by atoms with Gasteiger partial charge >= 0.3 is 0 Å². The van der Waals surface area contributed by atoms with Gasteiger partial charge in [-0.3, -0.25) is 9.69 Å². The lowest BCUT2D eigenvalue weighted by Gasteiger charge is -2.35. The molecular weight excluding hydrogens is 288 g/mol. The van der Waals surface area contributed by atoms with Crippen molar-refractivity contribution in [2.24, 2.45) is 0 Å². The van der Waals surface area contributed by atoms with E-state index in [-0.39, 0.29) is 18.6 Å². The highest BCUT2D eigenvalue weighted by Gasteiger charge is 2.25. The molecule has 0 bridgehead atoms. The van der Waals surface area contributed by atoms with E-state index < -0.39 is 0 Å². The first kappa shape index (κ1) is 18.0. The van der Waals surface area contributed by atoms with Gasteiger partial charge in [-0.15, -0.1) is 0 Å². The van der Waals surface area contributed by atoms with Gasteiger partial charge < -0.3 is 10.0 Å². The predicted molar refractivity (Wildman–Crippen MR) is 93.2 cm³/mol. The third-order valence-electron chi connectivity index (χ3n) is 5.07. The second-order valence-electron chi connectivity index (χ2n) is 6.58. The van der Waals surface area contributed by atoms with Crippen LogP contribution in [0.3, 0.4) is 0 Å². The van der Waals surface area contributed by atoms with E-state index in [1.54, 1.807) is 0 Å². The molecule has 0 saturated heterocycles. The molecule has 128 valence electrons. The van der Waals surface area contributed by atoms with Crippen molar-refractivity contribution in [1.82, 2.24) is 9.80 Å². The number of hydrogen-bond donors (Lipinski definition) is 1. The average molecular weight is 318 g/mol. The van der Waals surface area contributed by atoms with Gasteiger partial charge in [-0.2, -0.15) is 0 Å². The summed E-state index contributed by atoms with van der Waals surface area (Å²) in [6, 6.07) is 10.6. The fourth-order valence-electron chi connectivity index (χ4n) is 3.42. The maximum Gasteiger partial charge on any atom is 0.237 e. The molecule has 1 saturated carbocycles. The van der Waals surface area contributed by atoms with Crippen molar-refractivity contribution in [3.8, 4) is 0 Å². The van der Waals surface area contributed by atoms with Crippen LogP contribution in [0.4, 0.5) is 0 Å². The number of aliphatic hydroxyl groups is 1. The number of aliphatic hydroxyl groups excluding tert-OH is 1. The van der Waals surface area contributed by atoms with Gasteiger partial charge in [0.05, 0.1) is 19.2 Å². The summed E-state index contributed by atoms with van der Waals surface area (Å²) in [5.41, 5.74) is 1.15. The molecule has 23 heavy (non-hydrogen) atoms. The van der Waals surface area contributed by atoms with Gasteiger partial charge in [0, 0.05) is 19.6 Å². The van der Waals surface area contributed by atoms with Crippen LogP contribution in [-0.4, -0.2) is 53.6 Å². The summed E-state index contributed by atoms with van der Waals surface area (Å²) in [5, 5.41) is 9.34. The first-order valence-corrected chi connectivity index (χ1v) is 8.79. The summed E-state index contributed by atoms with van der Waals surface area (Å²) in [6.45, 7) is 3.16. The van der Waals surface area contributed by atoms with Gasteiger partial charge in [-0.1, -0.05) is 49.6 Å². The third-order valence-corrected chi connectivity index (χ3v) is 5.07. The van der Waals surface area contributed by atoms with Crippen molar-refractivity contribution in [3.05, 3.63) is 35.9 Å². The standard InChI is InChI=1S/C19H30N2O2/c1-16(17-9-5-3-6-10-17)20(2)19(23)15-21(13-14-22)18-11-7-4-8-12-18/h3,5-6,9-10,16,18,22H,4,7-8,11-15H2,1-2H3. The van der Waals surface area contributed by atoms with E-state index >= 15 is 0 Å². The van der Waals surface area contributed by atoms with Crippen LogP contribution in [0.2, 0.25) is 0 Å². The van der Waals surface area contributed by atoms with E-state index in [9.17, 15) is 9.90 Å². The van der Waals surface area contributed by atoms with E-state index in [0.717, 1.165) is 18.4 Å². The second-order valence-corrected chi connectivity index (χ2v) is 6.58. The molecule has 0 aromatic heterocycles. The minimum atomic E-state index is 0.0611. The van der Waals surface area contributed by atoms with Crippen molar-refractivity contribution < 1.29 is 9.90 Å². The summed E-state index contributed by atoms with van der Waals surface area (Å²) < 4.78 is 0. The molecule has 1 aromatic carbocycles. The Morgan fingerprint density at radius 1 is 1.22 bits per heavy atom. The average Bonchev–Trinajstić information content (AvgIpc) is 2.61. The monoisotopic (exact) mass is 318 g/mol. The smallest absolute Gasteiger partial charge is 0.237 e. The Labute approximate surface area is 140 Å². The third kappa shape index (κ3) is 5.05. The highest BCUT2D eigenvalue weighted by Crippen LogP contribution is 2.23. The van der Waals surface area contributed by atoms with Gasteiger partial charge in [-0.05, 0) is 25.3 Å². The molecule has 1 fully saturated rings. The summed E-state index contributed by atoms with van der Waals surface area (Å²) >= 11 is 0. The number of carbonyl (C=O) groups excluding carboxylic acids is 1. The van der Waals surface area contributed by atoms with Crippen LogP contribution >= 0.6 is 0 Å². The lowest BCUT2D eigenvalue weighted by atomic mass is 9.94. The summed E-state index contributed by atoms with van der Waals surface area (Å²) in [6.07, 6.45) is 6.05. The number of rotatable bonds is 7. The van der Waals surface area contributed by atoms with E-state index in [4.69, 9.17) is 0 Å². The van der Waals surface area contributed by atoms with Crippen molar-refractivity contribution in [1.29, 1.82) is 0 Å². The quantitative estimate of drug-likeness (QED) is 0.841. The Bertz CT molecular complexity index is 472. The Balaban J connectivity index is 1.96. The number of hydrogen-bond acceptors (Lipinski definition) is 3. The lowest BCUT2D eigenvalue weighted by molar-refractivity contribution is -0.134. The number of benzene rings is 1. The van der Waals surface area contributed by atoms with Crippen LogP contribution in [0.15, 0.2) is 30.3 Å². The van der Waals surface area contributed by atoms with Crippen LogP contribution in [0.25, 0.3) is 0 Å². The number of nitrogens with zero attached hydrogens (tertiary/aromatic N) is 2. The summed E-state index contributed by atoms with van der Waals surface area (Å²) in [4.78, 5) is 16.7. The van der Waals surface area contributed by atoms with Gasteiger partial charge in [0.2, 0.25) is 5.91 Å². The van der Waals surface area contributed by atoms with Crippen LogP contribution in [0.1, 0.15) is 50.6 Å². The number of amides is 1. The first-order valence-electron chi connectivity index (χ1n) is 8.79. The molecule has 1 aromatic rings. The first-order chi connectivity index (χ1) is 11.1. The summed E-state index contributed by atoms with van der Waals surface area (Å²) in [7, 11) is 1.87. The summed E-state index contributed by atoms with van der Waals surface area (Å²) in [5.74, 6) is 0.125. The highest BCUT2D eigenvalue weighted by molar-refractivity contribution is 5.78. The molecular formula is C19H30N2O2. The molecule has 4 heteroatoms. The molecule has 0 aliphatic heterocycles. The second kappa shape index (κ2) is 9.04. The van der Waals surface area contributed by atoms with Crippen LogP contribution in [0.5, 0.6) is 0 Å². The van der Waals surface area contributed by atoms with E-state index in [1.807, 2.05) is 30.1 Å². The molecule has 1 aliphatic carbocycles. The van der Waals surface area contributed by atoms with Gasteiger partial charge in [-0.25, -0.2) is 0 Å². The minimum Gasteiger partial charge on any atom is -0.395 e.